The molecule has 33 heavy (non-hydrogen) atoms. The van der Waals surface area contributed by atoms with Crippen molar-refractivity contribution in [2.24, 2.45) is 0 Å². The molecular formula is C25H46NO6P. The quantitative estimate of drug-likeness (QED) is 0.0978. The number of pyridine rings is 1. The third-order valence-electron chi connectivity index (χ3n) is 5.78. The fourth-order valence-corrected chi connectivity index (χ4v) is 4.41. The zero-order chi connectivity index (χ0) is 24.4. The SMILES string of the molecule is CCCCCCCCCCCC(CC)OC(OP(=O)([O-])OCC[n+]1ccccc1)[C@H](C)OC. The lowest BCUT2D eigenvalue weighted by Crippen LogP contribution is -2.37. The molecular weight excluding hydrogens is 441 g/mol. The molecule has 0 aliphatic rings. The van der Waals surface area contributed by atoms with Crippen LogP contribution in [0.4, 0.5) is 0 Å². The van der Waals surface area contributed by atoms with Crippen LogP contribution in [0.2, 0.25) is 0 Å². The number of rotatable bonds is 21. The molecule has 0 fully saturated rings. The standard InChI is InChI=1S/C25H46NO6P/c1-5-7-8-9-10-11-12-13-15-18-24(6-2)31-25(23(3)29-4)32-33(27,28)30-22-21-26-19-16-14-17-20-26/h14,16-17,19-20,23-25H,5-13,15,18,21-22H2,1-4H3/t23-,24?,25?/m0/s1. The van der Waals surface area contributed by atoms with E-state index in [0.717, 1.165) is 19.3 Å². The summed E-state index contributed by atoms with van der Waals surface area (Å²) in [6.07, 6.45) is 15.0. The van der Waals surface area contributed by atoms with E-state index in [1.807, 2.05) is 42.1 Å². The monoisotopic (exact) mass is 487 g/mol. The molecule has 3 unspecified atom stereocenters. The van der Waals surface area contributed by atoms with Crippen LogP contribution in [0.3, 0.4) is 0 Å². The first-order valence-corrected chi connectivity index (χ1v) is 14.1. The molecule has 192 valence electrons. The third-order valence-corrected chi connectivity index (χ3v) is 6.74. The number of methoxy groups -OCH3 is 1. The average molecular weight is 488 g/mol. The molecule has 0 N–H and O–H groups in total. The van der Waals surface area contributed by atoms with Crippen LogP contribution >= 0.6 is 7.82 Å². The summed E-state index contributed by atoms with van der Waals surface area (Å²) < 4.78 is 35.9. The molecule has 0 amide bonds. The van der Waals surface area contributed by atoms with Gasteiger partial charge in [-0.05, 0) is 19.8 Å². The predicted molar refractivity (Wildman–Crippen MR) is 129 cm³/mol. The summed E-state index contributed by atoms with van der Waals surface area (Å²) in [5.41, 5.74) is 0. The van der Waals surface area contributed by atoms with E-state index in [4.69, 9.17) is 18.5 Å². The average Bonchev–Trinajstić information content (AvgIpc) is 2.81. The molecule has 1 heterocycles. The summed E-state index contributed by atoms with van der Waals surface area (Å²) in [4.78, 5) is 12.4. The van der Waals surface area contributed by atoms with E-state index in [1.165, 1.54) is 58.5 Å². The lowest BCUT2D eigenvalue weighted by Gasteiger charge is -2.32. The molecule has 7 nitrogen and oxygen atoms in total. The van der Waals surface area contributed by atoms with Crippen molar-refractivity contribution in [2.45, 2.75) is 116 Å². The topological polar surface area (TPSA) is 80.9 Å². The zero-order valence-corrected chi connectivity index (χ0v) is 22.0. The highest BCUT2D eigenvalue weighted by Gasteiger charge is 2.27. The fraction of sp³-hybridized carbons (Fsp3) is 0.800. The Balaban J connectivity index is 2.39. The maximum atomic E-state index is 12.4. The van der Waals surface area contributed by atoms with Crippen molar-refractivity contribution in [1.82, 2.24) is 0 Å². The van der Waals surface area contributed by atoms with E-state index in [2.05, 4.69) is 6.92 Å². The third kappa shape index (κ3) is 14.9. The molecule has 0 aliphatic heterocycles. The van der Waals surface area contributed by atoms with Crippen LogP contribution in [0.25, 0.3) is 0 Å². The number of hydrogen-bond donors (Lipinski definition) is 0. The second-order valence-electron chi connectivity index (χ2n) is 8.59. The van der Waals surface area contributed by atoms with Crippen LogP contribution in [0.1, 0.15) is 91.4 Å². The Labute approximate surface area is 201 Å². The van der Waals surface area contributed by atoms with Crippen molar-refractivity contribution in [3.8, 4) is 0 Å². The maximum Gasteiger partial charge on any atom is 0.270 e. The van der Waals surface area contributed by atoms with Gasteiger partial charge in [-0.3, -0.25) is 9.09 Å². The van der Waals surface area contributed by atoms with Crippen molar-refractivity contribution >= 4 is 7.82 Å². The summed E-state index contributed by atoms with van der Waals surface area (Å²) in [7, 11) is -3.03. The molecule has 0 bridgehead atoms. The molecule has 1 rings (SSSR count). The van der Waals surface area contributed by atoms with Crippen molar-refractivity contribution in [1.29, 1.82) is 0 Å². The van der Waals surface area contributed by atoms with Crippen LogP contribution in [0, 0.1) is 0 Å². The largest absolute Gasteiger partial charge is 0.756 e. The van der Waals surface area contributed by atoms with Crippen LogP contribution in [0.15, 0.2) is 30.6 Å². The minimum atomic E-state index is -4.54. The van der Waals surface area contributed by atoms with E-state index in [-0.39, 0.29) is 12.7 Å². The smallest absolute Gasteiger partial charge is 0.270 e. The van der Waals surface area contributed by atoms with Gasteiger partial charge in [-0.2, -0.15) is 0 Å². The van der Waals surface area contributed by atoms with Crippen molar-refractivity contribution in [3.05, 3.63) is 30.6 Å². The summed E-state index contributed by atoms with van der Waals surface area (Å²) in [6.45, 7) is 6.40. The predicted octanol–water partition coefficient (Wildman–Crippen LogP) is 5.55. The van der Waals surface area contributed by atoms with E-state index >= 15 is 0 Å². The van der Waals surface area contributed by atoms with Gasteiger partial charge in [0.25, 0.3) is 7.82 Å². The molecule has 1 aromatic heterocycles. The Morgan fingerprint density at radius 3 is 2.12 bits per heavy atom. The number of ether oxygens (including phenoxy) is 2. The molecule has 0 radical (unpaired) electrons. The molecule has 8 heteroatoms. The summed E-state index contributed by atoms with van der Waals surface area (Å²) in [5, 5.41) is 0. The van der Waals surface area contributed by atoms with Gasteiger partial charge in [-0.25, -0.2) is 4.57 Å². The Morgan fingerprint density at radius 1 is 0.939 bits per heavy atom. The summed E-state index contributed by atoms with van der Waals surface area (Å²) >= 11 is 0. The van der Waals surface area contributed by atoms with E-state index in [0.29, 0.717) is 6.54 Å². The molecule has 1 aromatic rings. The maximum absolute atomic E-state index is 12.4. The van der Waals surface area contributed by atoms with Gasteiger partial charge in [0.2, 0.25) is 0 Å². The molecule has 0 saturated carbocycles. The summed E-state index contributed by atoms with van der Waals surface area (Å²) in [6, 6.07) is 5.64. The Kier molecular flexibility index (Phi) is 16.9. The minimum absolute atomic E-state index is 0.0147. The van der Waals surface area contributed by atoms with Gasteiger partial charge in [0.15, 0.2) is 25.2 Å². The Bertz CT molecular complexity index is 633. The van der Waals surface area contributed by atoms with Gasteiger partial charge < -0.3 is 18.9 Å². The van der Waals surface area contributed by atoms with Crippen LogP contribution in [0.5, 0.6) is 0 Å². The highest BCUT2D eigenvalue weighted by molar-refractivity contribution is 7.45. The van der Waals surface area contributed by atoms with E-state index in [1.54, 1.807) is 6.92 Å². The van der Waals surface area contributed by atoms with E-state index in [9.17, 15) is 9.46 Å². The number of hydrogen-bond acceptors (Lipinski definition) is 6. The Hall–Kier alpha value is -0.820. The second kappa shape index (κ2) is 18.5. The number of phosphoric ester groups is 1. The van der Waals surface area contributed by atoms with E-state index < -0.39 is 20.2 Å². The second-order valence-corrected chi connectivity index (χ2v) is 9.96. The van der Waals surface area contributed by atoms with Gasteiger partial charge in [-0.15, -0.1) is 0 Å². The minimum Gasteiger partial charge on any atom is -0.756 e. The zero-order valence-electron chi connectivity index (χ0n) is 21.2. The lowest BCUT2D eigenvalue weighted by atomic mass is 10.0. The molecule has 0 spiro atoms. The first-order valence-electron chi connectivity index (χ1n) is 12.7. The molecule has 0 aromatic carbocycles. The molecule has 4 atom stereocenters. The van der Waals surface area contributed by atoms with Crippen LogP contribution in [-0.2, 0) is 29.6 Å². The number of aromatic nitrogens is 1. The molecule has 0 aliphatic carbocycles. The van der Waals surface area contributed by atoms with Crippen LogP contribution < -0.4 is 9.46 Å². The summed E-state index contributed by atoms with van der Waals surface area (Å²) in [5.74, 6) is 0. The van der Waals surface area contributed by atoms with Gasteiger partial charge >= 0.3 is 0 Å². The number of unbranched alkanes of at least 4 members (excludes halogenated alkanes) is 8. The number of phosphoric acid groups is 1. The van der Waals surface area contributed by atoms with Gasteiger partial charge in [0.05, 0.1) is 6.10 Å². The van der Waals surface area contributed by atoms with Crippen molar-refractivity contribution < 1.29 is 32.5 Å². The van der Waals surface area contributed by atoms with Crippen molar-refractivity contribution in [3.63, 3.8) is 0 Å². The normalized spacial score (nSPS) is 16.3. The Morgan fingerprint density at radius 2 is 1.55 bits per heavy atom. The highest BCUT2D eigenvalue weighted by atomic mass is 31.2. The molecule has 0 saturated heterocycles. The number of nitrogens with zero attached hydrogens (tertiary/aromatic N) is 1. The van der Waals surface area contributed by atoms with Crippen LogP contribution in [-0.4, -0.2) is 32.2 Å². The van der Waals surface area contributed by atoms with Crippen molar-refractivity contribution in [2.75, 3.05) is 13.7 Å². The van der Waals surface area contributed by atoms with Gasteiger partial charge in [0, 0.05) is 19.2 Å². The highest BCUT2D eigenvalue weighted by Crippen LogP contribution is 2.41. The first-order chi connectivity index (χ1) is 15.9. The fourth-order valence-electron chi connectivity index (χ4n) is 3.57. The van der Waals surface area contributed by atoms with Gasteiger partial charge in [0.1, 0.15) is 12.7 Å². The lowest BCUT2D eigenvalue weighted by molar-refractivity contribution is -0.697. The van der Waals surface area contributed by atoms with Gasteiger partial charge in [-0.1, -0.05) is 77.7 Å². The first kappa shape index (κ1) is 30.2.